The summed E-state index contributed by atoms with van der Waals surface area (Å²) in [4.78, 5) is 4.12. The molecular weight excluding hydrogens is 431 g/mol. The number of aliphatic imine (C=N–C) groups is 1. The van der Waals surface area contributed by atoms with Gasteiger partial charge in [-0.05, 0) is 23.8 Å². The van der Waals surface area contributed by atoms with Gasteiger partial charge in [-0.1, -0.05) is 12.1 Å². The van der Waals surface area contributed by atoms with Crippen molar-refractivity contribution >= 4 is 29.9 Å². The highest BCUT2D eigenvalue weighted by Gasteiger charge is 2.05. The second-order valence-electron chi connectivity index (χ2n) is 4.75. The first-order valence-electron chi connectivity index (χ1n) is 7.03. The number of rotatable bonds is 6. The van der Waals surface area contributed by atoms with E-state index in [0.29, 0.717) is 19.0 Å². The lowest BCUT2D eigenvalue weighted by molar-refractivity contribution is -0.0498. The van der Waals surface area contributed by atoms with Crippen LogP contribution in [0.1, 0.15) is 11.3 Å². The first-order chi connectivity index (χ1) is 11.1. The number of halogens is 3. The lowest BCUT2D eigenvalue weighted by Gasteiger charge is -2.12. The molecule has 0 spiro atoms. The molecule has 24 heavy (non-hydrogen) atoms. The van der Waals surface area contributed by atoms with Crippen molar-refractivity contribution in [2.24, 2.45) is 12.0 Å². The number of guanidine groups is 1. The van der Waals surface area contributed by atoms with Crippen LogP contribution in [-0.2, 0) is 20.1 Å². The van der Waals surface area contributed by atoms with Crippen LogP contribution in [0.15, 0.2) is 41.5 Å². The molecule has 0 fully saturated rings. The molecule has 2 N–H and O–H groups in total. The Morgan fingerprint density at radius 1 is 1.29 bits per heavy atom. The molecule has 0 atom stereocenters. The van der Waals surface area contributed by atoms with Gasteiger partial charge in [0.25, 0.3) is 0 Å². The Morgan fingerprint density at radius 2 is 2.04 bits per heavy atom. The lowest BCUT2D eigenvalue weighted by atomic mass is 10.2. The Kier molecular flexibility index (Phi) is 8.44. The number of aromatic nitrogens is 2. The average Bonchev–Trinajstić information content (AvgIpc) is 2.92. The Labute approximate surface area is 156 Å². The molecule has 0 aliphatic carbocycles. The second kappa shape index (κ2) is 10.1. The summed E-state index contributed by atoms with van der Waals surface area (Å²) >= 11 is 0. The van der Waals surface area contributed by atoms with Gasteiger partial charge in [0, 0.05) is 26.8 Å². The molecule has 6 nitrogen and oxygen atoms in total. The van der Waals surface area contributed by atoms with Gasteiger partial charge in [0.15, 0.2) is 5.96 Å². The molecule has 0 radical (unpaired) electrons. The summed E-state index contributed by atoms with van der Waals surface area (Å²) in [5.41, 5.74) is 1.83. The molecular formula is C15H20F2IN5O. The van der Waals surface area contributed by atoms with Crippen molar-refractivity contribution in [3.63, 3.8) is 0 Å². The molecule has 132 valence electrons. The summed E-state index contributed by atoms with van der Waals surface area (Å²) in [7, 11) is 3.52. The van der Waals surface area contributed by atoms with Gasteiger partial charge in [-0.3, -0.25) is 9.67 Å². The molecule has 0 aliphatic heterocycles. The van der Waals surface area contributed by atoms with Crippen LogP contribution < -0.4 is 15.4 Å². The van der Waals surface area contributed by atoms with E-state index >= 15 is 0 Å². The summed E-state index contributed by atoms with van der Waals surface area (Å²) in [6, 6.07) is 8.45. The quantitative estimate of drug-likeness (QED) is 0.403. The molecule has 1 heterocycles. The summed E-state index contributed by atoms with van der Waals surface area (Å²) in [6.07, 6.45) is 1.72. The fourth-order valence-electron chi connectivity index (χ4n) is 1.99. The monoisotopic (exact) mass is 451 g/mol. The minimum absolute atomic E-state index is 0. The van der Waals surface area contributed by atoms with Crippen molar-refractivity contribution in [1.29, 1.82) is 0 Å². The van der Waals surface area contributed by atoms with E-state index in [2.05, 4.69) is 25.5 Å². The second-order valence-corrected chi connectivity index (χ2v) is 4.75. The maximum atomic E-state index is 12.2. The fourth-order valence-corrected chi connectivity index (χ4v) is 1.99. The zero-order valence-electron chi connectivity index (χ0n) is 13.4. The number of hydrogen-bond acceptors (Lipinski definition) is 3. The van der Waals surface area contributed by atoms with E-state index < -0.39 is 6.61 Å². The molecule has 2 rings (SSSR count). The summed E-state index contributed by atoms with van der Waals surface area (Å²) in [5.74, 6) is 0.739. The van der Waals surface area contributed by atoms with E-state index in [1.54, 1.807) is 30.1 Å². The number of aryl methyl sites for hydroxylation is 1. The molecule has 0 saturated heterocycles. The predicted octanol–water partition coefficient (Wildman–Crippen LogP) is 2.50. The maximum absolute atomic E-state index is 12.2. The van der Waals surface area contributed by atoms with Crippen LogP contribution >= 0.6 is 24.0 Å². The van der Waals surface area contributed by atoms with Crippen LogP contribution in [-0.4, -0.2) is 29.4 Å². The van der Waals surface area contributed by atoms with E-state index in [4.69, 9.17) is 0 Å². The topological polar surface area (TPSA) is 63.5 Å². The summed E-state index contributed by atoms with van der Waals surface area (Å²) in [6.45, 7) is -1.82. The van der Waals surface area contributed by atoms with E-state index in [1.807, 2.05) is 19.2 Å². The highest BCUT2D eigenvalue weighted by Crippen LogP contribution is 2.15. The smallest absolute Gasteiger partial charge is 0.387 e. The van der Waals surface area contributed by atoms with Gasteiger partial charge in [-0.25, -0.2) is 0 Å². The minimum atomic E-state index is -2.83. The minimum Gasteiger partial charge on any atom is -0.435 e. The third-order valence-corrected chi connectivity index (χ3v) is 3.17. The number of hydrogen-bond donors (Lipinski definition) is 2. The zero-order valence-corrected chi connectivity index (χ0v) is 15.7. The van der Waals surface area contributed by atoms with Crippen molar-refractivity contribution in [3.05, 3.63) is 47.8 Å². The van der Waals surface area contributed by atoms with E-state index in [0.717, 1.165) is 11.3 Å². The van der Waals surface area contributed by atoms with Gasteiger partial charge in [-0.2, -0.15) is 13.9 Å². The molecule has 2 aromatic rings. The zero-order chi connectivity index (χ0) is 16.7. The van der Waals surface area contributed by atoms with Gasteiger partial charge < -0.3 is 15.4 Å². The summed E-state index contributed by atoms with van der Waals surface area (Å²) in [5, 5.41) is 10.4. The highest BCUT2D eigenvalue weighted by atomic mass is 127. The van der Waals surface area contributed by atoms with Crippen molar-refractivity contribution < 1.29 is 13.5 Å². The summed E-state index contributed by atoms with van der Waals surface area (Å²) < 4.78 is 30.6. The molecule has 0 unspecified atom stereocenters. The Morgan fingerprint density at radius 3 is 2.67 bits per heavy atom. The highest BCUT2D eigenvalue weighted by molar-refractivity contribution is 14.0. The third kappa shape index (κ3) is 6.30. The van der Waals surface area contributed by atoms with Crippen molar-refractivity contribution in [2.45, 2.75) is 19.7 Å². The van der Waals surface area contributed by atoms with Gasteiger partial charge in [-0.15, -0.1) is 24.0 Å². The largest absolute Gasteiger partial charge is 0.435 e. The number of nitrogens with one attached hydrogen (secondary N) is 2. The van der Waals surface area contributed by atoms with E-state index in [9.17, 15) is 8.78 Å². The Hall–Kier alpha value is -1.91. The third-order valence-electron chi connectivity index (χ3n) is 3.17. The average molecular weight is 451 g/mol. The fraction of sp³-hybridized carbons (Fsp3) is 0.333. The SMILES string of the molecule is CN=C(NCc1cccc(OC(F)F)c1)NCc1ccnn1C.I. The predicted molar refractivity (Wildman–Crippen MR) is 98.7 cm³/mol. The molecule has 0 bridgehead atoms. The number of ether oxygens (including phenoxy) is 1. The van der Waals surface area contributed by atoms with Gasteiger partial charge >= 0.3 is 6.61 Å². The standard InChI is InChI=1S/C15H19F2N5O.HI/c1-18-15(20-10-12-6-7-21-22(12)2)19-9-11-4-3-5-13(8-11)23-14(16)17;/h3-8,14H,9-10H2,1-2H3,(H2,18,19,20);1H. The number of alkyl halides is 2. The van der Waals surface area contributed by atoms with E-state index in [1.165, 1.54) is 6.07 Å². The van der Waals surface area contributed by atoms with Crippen molar-refractivity contribution in [2.75, 3.05) is 7.05 Å². The molecule has 1 aromatic heterocycles. The van der Waals surface area contributed by atoms with E-state index in [-0.39, 0.29) is 29.7 Å². The molecule has 0 aliphatic rings. The number of benzene rings is 1. The van der Waals surface area contributed by atoms with Gasteiger partial charge in [0.1, 0.15) is 5.75 Å². The maximum Gasteiger partial charge on any atom is 0.387 e. The molecule has 0 amide bonds. The normalized spacial score (nSPS) is 11.1. The van der Waals surface area contributed by atoms with Crippen molar-refractivity contribution in [3.8, 4) is 5.75 Å². The van der Waals surface area contributed by atoms with Gasteiger partial charge in [0.2, 0.25) is 0 Å². The molecule has 1 aromatic carbocycles. The van der Waals surface area contributed by atoms with Crippen LogP contribution in [0.2, 0.25) is 0 Å². The van der Waals surface area contributed by atoms with Gasteiger partial charge in [0.05, 0.1) is 12.2 Å². The molecule has 9 heteroatoms. The van der Waals surface area contributed by atoms with Crippen LogP contribution in [0.25, 0.3) is 0 Å². The van der Waals surface area contributed by atoms with Crippen LogP contribution in [0.3, 0.4) is 0 Å². The van der Waals surface area contributed by atoms with Crippen LogP contribution in [0.5, 0.6) is 5.75 Å². The lowest BCUT2D eigenvalue weighted by Crippen LogP contribution is -2.36. The van der Waals surface area contributed by atoms with Crippen molar-refractivity contribution in [1.82, 2.24) is 20.4 Å². The Balaban J connectivity index is 0.00000288. The Bertz CT molecular complexity index is 663. The molecule has 0 saturated carbocycles. The first-order valence-corrected chi connectivity index (χ1v) is 7.03. The van der Waals surface area contributed by atoms with Crippen LogP contribution in [0.4, 0.5) is 8.78 Å². The first kappa shape index (κ1) is 20.1. The number of nitrogens with zero attached hydrogens (tertiary/aromatic N) is 3. The van der Waals surface area contributed by atoms with Crippen LogP contribution in [0, 0.1) is 0 Å².